The first-order valence-electron chi connectivity index (χ1n) is 7.85. The summed E-state index contributed by atoms with van der Waals surface area (Å²) in [6.07, 6.45) is 1.64. The lowest BCUT2D eigenvalue weighted by Gasteiger charge is -2.20. The molecule has 2 N–H and O–H groups in total. The maximum Gasteiger partial charge on any atom is 0.253 e. The van der Waals surface area contributed by atoms with E-state index in [1.165, 1.54) is 0 Å². The standard InChI is InChI=1S/C19H25N5O/c1-14(11-17(13-20)18(21)22-2)15-7-6-8-16(12-15)19(25)24(5)10-9-23(3)4/h6-8,11-12H,2,9-10,21H2,1,3-5H3/b14-11+,18-17+. The SMILES string of the molecule is C=N/C(N)=C(C#N)\C=C(/C)c1cccc(C(=O)N(C)CCN(C)C)c1. The van der Waals surface area contributed by atoms with E-state index in [9.17, 15) is 4.79 Å². The Labute approximate surface area is 149 Å². The van der Waals surface area contributed by atoms with Crippen LogP contribution in [0.5, 0.6) is 0 Å². The highest BCUT2D eigenvalue weighted by Gasteiger charge is 2.12. The van der Waals surface area contributed by atoms with Crippen LogP contribution >= 0.6 is 0 Å². The highest BCUT2D eigenvalue weighted by Crippen LogP contribution is 2.19. The van der Waals surface area contributed by atoms with Crippen molar-refractivity contribution in [1.82, 2.24) is 9.80 Å². The summed E-state index contributed by atoms with van der Waals surface area (Å²) in [5.41, 5.74) is 8.15. The van der Waals surface area contributed by atoms with Gasteiger partial charge in [-0.25, -0.2) is 4.99 Å². The number of carbonyl (C=O) groups excluding carboxylic acids is 1. The second-order valence-electron chi connectivity index (χ2n) is 6.01. The maximum absolute atomic E-state index is 12.5. The number of allylic oxidation sites excluding steroid dienone is 3. The van der Waals surface area contributed by atoms with E-state index < -0.39 is 0 Å². The summed E-state index contributed by atoms with van der Waals surface area (Å²) in [6.45, 7) is 6.63. The van der Waals surface area contributed by atoms with Crippen LogP contribution in [0.3, 0.4) is 0 Å². The molecule has 1 aromatic carbocycles. The number of hydrogen-bond donors (Lipinski definition) is 1. The molecule has 0 bridgehead atoms. The van der Waals surface area contributed by atoms with Crippen molar-refractivity contribution in [2.24, 2.45) is 10.7 Å². The van der Waals surface area contributed by atoms with Gasteiger partial charge < -0.3 is 15.5 Å². The van der Waals surface area contributed by atoms with E-state index in [4.69, 9.17) is 11.0 Å². The molecular weight excluding hydrogens is 314 g/mol. The number of amides is 1. The van der Waals surface area contributed by atoms with E-state index in [1.54, 1.807) is 24.1 Å². The monoisotopic (exact) mass is 339 g/mol. The van der Waals surface area contributed by atoms with Crippen LogP contribution in [0.15, 0.2) is 46.7 Å². The molecule has 0 radical (unpaired) electrons. The largest absolute Gasteiger partial charge is 0.383 e. The molecule has 0 fully saturated rings. The summed E-state index contributed by atoms with van der Waals surface area (Å²) in [7, 11) is 5.72. The fourth-order valence-electron chi connectivity index (χ4n) is 2.12. The maximum atomic E-state index is 12.5. The van der Waals surface area contributed by atoms with Gasteiger partial charge in [-0.3, -0.25) is 4.79 Å². The van der Waals surface area contributed by atoms with Crippen molar-refractivity contribution >= 4 is 18.2 Å². The summed E-state index contributed by atoms with van der Waals surface area (Å²) in [4.78, 5) is 19.9. The highest BCUT2D eigenvalue weighted by atomic mass is 16.2. The van der Waals surface area contributed by atoms with Crippen LogP contribution in [0.2, 0.25) is 0 Å². The van der Waals surface area contributed by atoms with E-state index in [2.05, 4.69) is 11.7 Å². The Morgan fingerprint density at radius 3 is 2.52 bits per heavy atom. The molecule has 0 heterocycles. The van der Waals surface area contributed by atoms with Crippen molar-refractivity contribution < 1.29 is 4.79 Å². The molecule has 0 aliphatic heterocycles. The van der Waals surface area contributed by atoms with Gasteiger partial charge in [0.2, 0.25) is 0 Å². The van der Waals surface area contributed by atoms with Crippen molar-refractivity contribution in [2.75, 3.05) is 34.2 Å². The summed E-state index contributed by atoms with van der Waals surface area (Å²) in [5.74, 6) is 0.0392. The van der Waals surface area contributed by atoms with Crippen molar-refractivity contribution in [1.29, 1.82) is 5.26 Å². The Balaban J connectivity index is 3.07. The van der Waals surface area contributed by atoms with E-state index >= 15 is 0 Å². The molecule has 0 unspecified atom stereocenters. The van der Waals surface area contributed by atoms with Crippen LogP contribution in [-0.4, -0.2) is 56.7 Å². The number of nitrogens with zero attached hydrogens (tertiary/aromatic N) is 4. The van der Waals surface area contributed by atoms with Crippen molar-refractivity contribution in [2.45, 2.75) is 6.92 Å². The molecule has 0 spiro atoms. The van der Waals surface area contributed by atoms with Gasteiger partial charge in [-0.15, -0.1) is 0 Å². The van der Waals surface area contributed by atoms with Gasteiger partial charge >= 0.3 is 0 Å². The molecular formula is C19H25N5O. The molecule has 0 atom stereocenters. The predicted octanol–water partition coefficient (Wildman–Crippen LogP) is 2.12. The van der Waals surface area contributed by atoms with Crippen molar-refractivity contribution in [3.63, 3.8) is 0 Å². The number of aliphatic imine (C=N–C) groups is 1. The Morgan fingerprint density at radius 2 is 1.96 bits per heavy atom. The summed E-state index contributed by atoms with van der Waals surface area (Å²) >= 11 is 0. The molecule has 0 aromatic heterocycles. The number of carbonyl (C=O) groups is 1. The van der Waals surface area contributed by atoms with Gasteiger partial charge in [0, 0.05) is 25.7 Å². The zero-order valence-electron chi connectivity index (χ0n) is 15.3. The third-order valence-electron chi connectivity index (χ3n) is 3.72. The van der Waals surface area contributed by atoms with Crippen LogP contribution < -0.4 is 5.73 Å². The molecule has 0 saturated carbocycles. The number of rotatable bonds is 7. The summed E-state index contributed by atoms with van der Waals surface area (Å²) in [5, 5.41) is 9.16. The minimum atomic E-state index is -0.0418. The van der Waals surface area contributed by atoms with Gasteiger partial charge in [-0.1, -0.05) is 12.1 Å². The van der Waals surface area contributed by atoms with E-state index in [0.29, 0.717) is 12.1 Å². The van der Waals surface area contributed by atoms with Gasteiger partial charge in [0.1, 0.15) is 11.9 Å². The normalized spacial score (nSPS) is 12.4. The zero-order chi connectivity index (χ0) is 19.0. The number of likely N-dealkylation sites (N-methyl/N-ethyl adjacent to an activating group) is 2. The first-order chi connectivity index (χ1) is 11.8. The molecule has 25 heavy (non-hydrogen) atoms. The molecule has 1 rings (SSSR count). The first kappa shape index (κ1) is 20.1. The fourth-order valence-corrected chi connectivity index (χ4v) is 2.12. The lowest BCUT2D eigenvalue weighted by Crippen LogP contribution is -2.33. The van der Waals surface area contributed by atoms with Gasteiger partial charge in [0.05, 0.1) is 5.57 Å². The Kier molecular flexibility index (Phi) is 7.57. The average Bonchev–Trinajstić information content (AvgIpc) is 2.62. The van der Waals surface area contributed by atoms with Gasteiger partial charge in [0.15, 0.2) is 0 Å². The first-order valence-corrected chi connectivity index (χ1v) is 7.85. The molecule has 1 amide bonds. The third kappa shape index (κ3) is 5.90. The zero-order valence-corrected chi connectivity index (χ0v) is 15.3. The van der Waals surface area contributed by atoms with E-state index in [-0.39, 0.29) is 17.3 Å². The highest BCUT2D eigenvalue weighted by molar-refractivity contribution is 5.95. The topological polar surface area (TPSA) is 85.7 Å². The smallest absolute Gasteiger partial charge is 0.253 e. The second kappa shape index (κ2) is 9.40. The van der Waals surface area contributed by atoms with Crippen LogP contribution in [0.1, 0.15) is 22.8 Å². The number of nitrogens with two attached hydrogens (primary N) is 1. The third-order valence-corrected chi connectivity index (χ3v) is 3.72. The second-order valence-corrected chi connectivity index (χ2v) is 6.01. The Morgan fingerprint density at radius 1 is 1.32 bits per heavy atom. The molecule has 0 saturated heterocycles. The Hall–Kier alpha value is -2.91. The lowest BCUT2D eigenvalue weighted by atomic mass is 10.0. The van der Waals surface area contributed by atoms with Crippen LogP contribution in [0.25, 0.3) is 5.57 Å². The quantitative estimate of drug-likeness (QED) is 0.468. The van der Waals surface area contributed by atoms with Crippen LogP contribution in [0.4, 0.5) is 0 Å². The molecule has 6 heteroatoms. The van der Waals surface area contributed by atoms with E-state index in [0.717, 1.165) is 17.7 Å². The molecule has 1 aromatic rings. The van der Waals surface area contributed by atoms with Gasteiger partial charge in [-0.05, 0) is 57.1 Å². The lowest BCUT2D eigenvalue weighted by molar-refractivity contribution is 0.0786. The molecule has 6 nitrogen and oxygen atoms in total. The fraction of sp³-hybridized carbons (Fsp3) is 0.316. The number of benzene rings is 1. The van der Waals surface area contributed by atoms with E-state index in [1.807, 2.05) is 50.2 Å². The van der Waals surface area contributed by atoms with Crippen LogP contribution in [0, 0.1) is 11.3 Å². The minimum absolute atomic E-state index is 0.0418. The average molecular weight is 339 g/mol. The molecule has 132 valence electrons. The predicted molar refractivity (Wildman–Crippen MR) is 102 cm³/mol. The number of nitriles is 1. The van der Waals surface area contributed by atoms with Gasteiger partial charge in [-0.2, -0.15) is 5.26 Å². The summed E-state index contributed by atoms with van der Waals surface area (Å²) < 4.78 is 0. The summed E-state index contributed by atoms with van der Waals surface area (Å²) in [6, 6.07) is 9.30. The van der Waals surface area contributed by atoms with Crippen LogP contribution in [-0.2, 0) is 0 Å². The van der Waals surface area contributed by atoms with Gasteiger partial charge in [0.25, 0.3) is 5.91 Å². The molecule has 0 aliphatic rings. The number of hydrogen-bond acceptors (Lipinski definition) is 5. The molecule has 0 aliphatic carbocycles. The van der Waals surface area contributed by atoms with Crippen molar-refractivity contribution in [3.8, 4) is 6.07 Å². The Bertz CT molecular complexity index is 740. The minimum Gasteiger partial charge on any atom is -0.383 e. The van der Waals surface area contributed by atoms with Crippen molar-refractivity contribution in [3.05, 3.63) is 52.9 Å².